The molecule has 0 saturated carbocycles. The van der Waals surface area contributed by atoms with Crippen molar-refractivity contribution in [3.05, 3.63) is 53.8 Å². The number of nitrogens with zero attached hydrogens (tertiary/aromatic N) is 1. The van der Waals surface area contributed by atoms with E-state index in [0.29, 0.717) is 24.0 Å². The van der Waals surface area contributed by atoms with E-state index in [2.05, 4.69) is 58.3 Å². The van der Waals surface area contributed by atoms with Crippen LogP contribution in [0.15, 0.2) is 42.8 Å². The molecular weight excluding hydrogens is 519 g/mol. The van der Waals surface area contributed by atoms with Gasteiger partial charge in [0.2, 0.25) is 0 Å². The fourth-order valence-electron chi connectivity index (χ4n) is 1.62. The van der Waals surface area contributed by atoms with Gasteiger partial charge in [0.1, 0.15) is 11.5 Å². The molecule has 23 heavy (non-hydrogen) atoms. The van der Waals surface area contributed by atoms with Crippen LogP contribution in [0, 0.1) is 0 Å². The van der Waals surface area contributed by atoms with E-state index in [4.69, 9.17) is 11.6 Å². The zero-order valence-corrected chi connectivity index (χ0v) is 16.7. The predicted octanol–water partition coefficient (Wildman–Crippen LogP) is 4.80. The van der Waals surface area contributed by atoms with Gasteiger partial charge in [-0.05, 0) is 56.1 Å². The Morgan fingerprint density at radius 3 is 2.57 bits per heavy atom. The number of benzene rings is 2. The highest BCUT2D eigenvalue weighted by Crippen LogP contribution is 2.38. The summed E-state index contributed by atoms with van der Waals surface area (Å²) in [4.78, 5) is 12.0. The minimum absolute atomic E-state index is 0.00596. The van der Waals surface area contributed by atoms with Gasteiger partial charge in [0.25, 0.3) is 5.91 Å². The van der Waals surface area contributed by atoms with Crippen molar-refractivity contribution in [3.8, 4) is 11.5 Å². The summed E-state index contributed by atoms with van der Waals surface area (Å²) in [6.45, 7) is 0. The zero-order chi connectivity index (χ0) is 17.1. The molecule has 1 amide bonds. The number of hydrazone groups is 1. The van der Waals surface area contributed by atoms with Gasteiger partial charge >= 0.3 is 0 Å². The highest BCUT2D eigenvalue weighted by Gasteiger charge is 2.13. The average Bonchev–Trinajstić information content (AvgIpc) is 2.50. The first-order valence-electron chi connectivity index (χ1n) is 5.99. The molecular formula is C14H8Br3ClN2O3. The molecule has 0 fully saturated rings. The lowest BCUT2D eigenvalue weighted by Crippen LogP contribution is -2.17. The van der Waals surface area contributed by atoms with E-state index in [9.17, 15) is 15.0 Å². The summed E-state index contributed by atoms with van der Waals surface area (Å²) in [6, 6.07) is 5.77. The largest absolute Gasteiger partial charge is 0.507 e. The first kappa shape index (κ1) is 18.3. The van der Waals surface area contributed by atoms with E-state index < -0.39 is 5.91 Å². The van der Waals surface area contributed by atoms with Gasteiger partial charge in [-0.3, -0.25) is 4.79 Å². The maximum Gasteiger partial charge on any atom is 0.275 e. The maximum absolute atomic E-state index is 12.0. The Balaban J connectivity index is 2.21. The Kier molecular flexibility index (Phi) is 6.07. The van der Waals surface area contributed by atoms with Gasteiger partial charge in [-0.1, -0.05) is 27.5 Å². The Morgan fingerprint density at radius 2 is 1.87 bits per heavy atom. The van der Waals surface area contributed by atoms with Crippen LogP contribution in [0.5, 0.6) is 11.5 Å². The monoisotopic (exact) mass is 524 g/mol. The van der Waals surface area contributed by atoms with Crippen molar-refractivity contribution in [1.82, 2.24) is 5.43 Å². The number of amides is 1. The lowest BCUT2D eigenvalue weighted by molar-refractivity contribution is 0.0952. The normalized spacial score (nSPS) is 11.0. The molecule has 5 nitrogen and oxygen atoms in total. The number of hydrogen-bond acceptors (Lipinski definition) is 4. The molecule has 0 aliphatic heterocycles. The molecule has 0 radical (unpaired) electrons. The minimum Gasteiger partial charge on any atom is -0.507 e. The average molecular weight is 527 g/mol. The fraction of sp³-hybridized carbons (Fsp3) is 0. The predicted molar refractivity (Wildman–Crippen MR) is 99.4 cm³/mol. The van der Waals surface area contributed by atoms with Crippen molar-refractivity contribution in [2.45, 2.75) is 0 Å². The van der Waals surface area contributed by atoms with Gasteiger partial charge in [0.05, 0.1) is 20.7 Å². The molecule has 9 heteroatoms. The maximum atomic E-state index is 12.0. The van der Waals surface area contributed by atoms with Crippen molar-refractivity contribution < 1.29 is 15.0 Å². The Labute approximate surface area is 161 Å². The topological polar surface area (TPSA) is 81.9 Å². The molecule has 2 aromatic carbocycles. The van der Waals surface area contributed by atoms with E-state index in [1.165, 1.54) is 24.4 Å². The molecule has 120 valence electrons. The van der Waals surface area contributed by atoms with Gasteiger partial charge < -0.3 is 10.2 Å². The molecule has 0 aromatic heterocycles. The van der Waals surface area contributed by atoms with Crippen molar-refractivity contribution in [2.75, 3.05) is 0 Å². The number of phenolic OH excluding ortho intramolecular Hbond substituents is 2. The minimum atomic E-state index is -0.616. The van der Waals surface area contributed by atoms with Crippen molar-refractivity contribution in [3.63, 3.8) is 0 Å². The van der Waals surface area contributed by atoms with Gasteiger partial charge in [-0.2, -0.15) is 5.10 Å². The number of aromatic hydroxyl groups is 2. The summed E-state index contributed by atoms with van der Waals surface area (Å²) in [5.74, 6) is -0.811. The number of nitrogens with one attached hydrogen (secondary N) is 1. The van der Waals surface area contributed by atoms with E-state index >= 15 is 0 Å². The number of hydrogen-bond donors (Lipinski definition) is 3. The van der Waals surface area contributed by atoms with E-state index in [0.717, 1.165) is 0 Å². The second-order valence-electron chi connectivity index (χ2n) is 4.28. The van der Waals surface area contributed by atoms with Crippen LogP contribution in [0.4, 0.5) is 0 Å². The van der Waals surface area contributed by atoms with Crippen LogP contribution in [0.25, 0.3) is 0 Å². The zero-order valence-electron chi connectivity index (χ0n) is 11.1. The van der Waals surface area contributed by atoms with Gasteiger partial charge in [-0.15, -0.1) is 0 Å². The number of carbonyl (C=O) groups excluding carboxylic acids is 1. The summed E-state index contributed by atoms with van der Waals surface area (Å²) in [5.41, 5.74) is 2.82. The van der Waals surface area contributed by atoms with Crippen LogP contribution in [-0.4, -0.2) is 22.3 Å². The fourth-order valence-corrected chi connectivity index (χ4v) is 4.12. The molecule has 0 aliphatic carbocycles. The number of phenols is 2. The highest BCUT2D eigenvalue weighted by atomic mass is 79.9. The standard InChI is InChI=1S/C14H8Br3ClN2O3/c15-9-4-10(16)13(22)12(17)8(9)5-19-20-14(23)7-3-6(18)1-2-11(7)21/h1-5,21-22H,(H,20,23). The molecule has 0 saturated heterocycles. The lowest BCUT2D eigenvalue weighted by atomic mass is 10.2. The Bertz CT molecular complexity index is 812. The van der Waals surface area contributed by atoms with Crippen molar-refractivity contribution in [1.29, 1.82) is 0 Å². The van der Waals surface area contributed by atoms with Crippen LogP contribution in [0.2, 0.25) is 5.02 Å². The van der Waals surface area contributed by atoms with Crippen molar-refractivity contribution >= 4 is 71.5 Å². The molecule has 0 atom stereocenters. The highest BCUT2D eigenvalue weighted by molar-refractivity contribution is 9.11. The third-order valence-corrected chi connectivity index (χ3v) is 5.04. The Hall–Kier alpha value is -1.09. The summed E-state index contributed by atoms with van der Waals surface area (Å²) in [7, 11) is 0. The molecule has 0 spiro atoms. The van der Waals surface area contributed by atoms with Crippen molar-refractivity contribution in [2.24, 2.45) is 5.10 Å². The van der Waals surface area contributed by atoms with Crippen LogP contribution < -0.4 is 5.43 Å². The molecule has 2 rings (SSSR count). The molecule has 0 unspecified atom stereocenters. The van der Waals surface area contributed by atoms with E-state index in [1.54, 1.807) is 6.07 Å². The first-order chi connectivity index (χ1) is 10.8. The summed E-state index contributed by atoms with van der Waals surface area (Å²) in [5, 5.41) is 23.6. The molecule has 0 heterocycles. The number of carbonyl (C=O) groups is 1. The molecule has 2 aromatic rings. The van der Waals surface area contributed by atoms with Crippen LogP contribution in [0.1, 0.15) is 15.9 Å². The van der Waals surface area contributed by atoms with E-state index in [1.807, 2.05) is 0 Å². The number of rotatable bonds is 3. The van der Waals surface area contributed by atoms with Crippen LogP contribution in [0.3, 0.4) is 0 Å². The summed E-state index contributed by atoms with van der Waals surface area (Å²) in [6.07, 6.45) is 1.35. The van der Waals surface area contributed by atoms with Gasteiger partial charge in [-0.25, -0.2) is 5.43 Å². The second kappa shape index (κ2) is 7.65. The number of halogens is 4. The van der Waals surface area contributed by atoms with Gasteiger partial charge in [0, 0.05) is 15.1 Å². The van der Waals surface area contributed by atoms with E-state index in [-0.39, 0.29) is 17.1 Å². The third kappa shape index (κ3) is 4.26. The first-order valence-corrected chi connectivity index (χ1v) is 8.75. The van der Waals surface area contributed by atoms with Crippen LogP contribution >= 0.6 is 59.4 Å². The smallest absolute Gasteiger partial charge is 0.275 e. The quantitative estimate of drug-likeness (QED) is 0.396. The third-order valence-electron chi connectivity index (χ3n) is 2.74. The molecule has 0 aliphatic rings. The summed E-state index contributed by atoms with van der Waals surface area (Å²) < 4.78 is 1.56. The van der Waals surface area contributed by atoms with Gasteiger partial charge in [0.15, 0.2) is 0 Å². The Morgan fingerprint density at radius 1 is 1.17 bits per heavy atom. The lowest BCUT2D eigenvalue weighted by Gasteiger charge is -2.07. The molecule has 0 bridgehead atoms. The second-order valence-corrected chi connectivity index (χ2v) is 7.22. The van der Waals surface area contributed by atoms with Crippen LogP contribution in [-0.2, 0) is 0 Å². The molecule has 3 N–H and O–H groups in total. The summed E-state index contributed by atoms with van der Waals surface area (Å²) >= 11 is 15.6. The SMILES string of the molecule is O=C(NN=Cc1c(Br)cc(Br)c(O)c1Br)c1cc(Cl)ccc1O.